The summed E-state index contributed by atoms with van der Waals surface area (Å²) in [5.74, 6) is -0.857. The Morgan fingerprint density at radius 2 is 1.81 bits per heavy atom. The fourth-order valence-corrected chi connectivity index (χ4v) is 3.59. The Morgan fingerprint density at radius 1 is 1.15 bits per heavy atom. The van der Waals surface area contributed by atoms with Crippen LogP contribution in [0.5, 0.6) is 0 Å². The Morgan fingerprint density at radius 3 is 2.42 bits per heavy atom. The molecule has 0 radical (unpaired) electrons. The summed E-state index contributed by atoms with van der Waals surface area (Å²) >= 11 is 0. The molecule has 2 aliphatic rings. The second-order valence-electron chi connectivity index (χ2n) is 6.34. The van der Waals surface area contributed by atoms with E-state index in [0.717, 1.165) is 5.69 Å². The number of carbonyl (C=O) groups excluding carboxylic acids is 2. The Labute approximate surface area is 150 Å². The van der Waals surface area contributed by atoms with Crippen molar-refractivity contribution in [2.75, 3.05) is 35.2 Å². The standard InChI is InChI=1S/C16H19FN2O6S/c17-14-10-18(7-5-15(14)20)11-1-3-12(4-2-11)19-9-13(25-16(19)21)6-8-26(22,23)24/h1-4,13-14H,5-10H2,(H,22,23,24)/t13?,14-/m1/s1. The number of cyclic esters (lactones) is 1. The lowest BCUT2D eigenvalue weighted by Crippen LogP contribution is -2.42. The number of halogens is 1. The van der Waals surface area contributed by atoms with Gasteiger partial charge in [-0.1, -0.05) is 0 Å². The van der Waals surface area contributed by atoms with Crippen molar-refractivity contribution >= 4 is 33.4 Å². The van der Waals surface area contributed by atoms with Crippen molar-refractivity contribution in [2.45, 2.75) is 25.1 Å². The normalized spacial score (nSPS) is 24.1. The van der Waals surface area contributed by atoms with E-state index in [9.17, 15) is 22.4 Å². The Hall–Kier alpha value is -2.20. The molecule has 0 bridgehead atoms. The first-order valence-corrected chi connectivity index (χ1v) is 9.79. The monoisotopic (exact) mass is 386 g/mol. The van der Waals surface area contributed by atoms with Gasteiger partial charge in [0.15, 0.2) is 12.0 Å². The Bertz CT molecular complexity index is 797. The molecule has 0 spiro atoms. The van der Waals surface area contributed by atoms with Crippen molar-refractivity contribution in [3.63, 3.8) is 0 Å². The van der Waals surface area contributed by atoms with E-state index in [1.165, 1.54) is 4.90 Å². The van der Waals surface area contributed by atoms with E-state index in [1.54, 1.807) is 29.2 Å². The highest BCUT2D eigenvalue weighted by molar-refractivity contribution is 7.85. The number of hydrogen-bond acceptors (Lipinski definition) is 6. The number of ether oxygens (including phenoxy) is 1. The van der Waals surface area contributed by atoms with Crippen LogP contribution in [0.15, 0.2) is 24.3 Å². The minimum atomic E-state index is -4.11. The molecule has 2 atom stereocenters. The number of benzene rings is 1. The third-order valence-electron chi connectivity index (χ3n) is 4.46. The zero-order valence-corrected chi connectivity index (χ0v) is 14.7. The maximum atomic E-state index is 13.6. The van der Waals surface area contributed by atoms with Crippen LogP contribution in [-0.4, -0.2) is 62.5 Å². The van der Waals surface area contributed by atoms with Gasteiger partial charge in [-0.25, -0.2) is 9.18 Å². The summed E-state index contributed by atoms with van der Waals surface area (Å²) in [6.07, 6.45) is -2.52. The average molecular weight is 386 g/mol. The fourth-order valence-electron chi connectivity index (χ4n) is 3.03. The van der Waals surface area contributed by atoms with Gasteiger partial charge in [-0.2, -0.15) is 8.42 Å². The lowest BCUT2D eigenvalue weighted by Gasteiger charge is -2.30. The van der Waals surface area contributed by atoms with Crippen molar-refractivity contribution < 1.29 is 31.7 Å². The minimum absolute atomic E-state index is 0.0127. The lowest BCUT2D eigenvalue weighted by atomic mass is 10.1. The van der Waals surface area contributed by atoms with E-state index < -0.39 is 34.2 Å². The predicted octanol–water partition coefficient (Wildman–Crippen LogP) is 1.41. The second kappa shape index (κ2) is 7.20. The SMILES string of the molecule is O=C1CCN(c2ccc(N3CC(CCS(=O)(=O)O)OC3=O)cc2)C[C@H]1F. The lowest BCUT2D eigenvalue weighted by molar-refractivity contribution is -0.124. The molecular weight excluding hydrogens is 367 g/mol. The van der Waals surface area contributed by atoms with Crippen LogP contribution in [0.3, 0.4) is 0 Å². The molecule has 2 heterocycles. The van der Waals surface area contributed by atoms with Crippen molar-refractivity contribution in [3.05, 3.63) is 24.3 Å². The van der Waals surface area contributed by atoms with Crippen LogP contribution in [0.2, 0.25) is 0 Å². The third kappa shape index (κ3) is 4.31. The van der Waals surface area contributed by atoms with Crippen molar-refractivity contribution in [1.82, 2.24) is 0 Å². The molecule has 1 aromatic carbocycles. The quantitative estimate of drug-likeness (QED) is 0.763. The van der Waals surface area contributed by atoms with Crippen LogP contribution >= 0.6 is 0 Å². The Kier molecular flexibility index (Phi) is 5.15. The van der Waals surface area contributed by atoms with Crippen LogP contribution in [0.25, 0.3) is 0 Å². The number of nitrogens with zero attached hydrogens (tertiary/aromatic N) is 2. The topological polar surface area (TPSA) is 104 Å². The first-order chi connectivity index (χ1) is 12.2. The molecule has 26 heavy (non-hydrogen) atoms. The summed E-state index contributed by atoms with van der Waals surface area (Å²) in [5, 5.41) is 0. The summed E-state index contributed by atoms with van der Waals surface area (Å²) in [6, 6.07) is 6.84. The molecule has 1 amide bonds. The zero-order chi connectivity index (χ0) is 18.9. The van der Waals surface area contributed by atoms with Crippen LogP contribution in [0.1, 0.15) is 12.8 Å². The van der Waals surface area contributed by atoms with Crippen LogP contribution in [0.4, 0.5) is 20.6 Å². The number of hydrogen-bond donors (Lipinski definition) is 1. The fraction of sp³-hybridized carbons (Fsp3) is 0.500. The zero-order valence-electron chi connectivity index (χ0n) is 13.9. The van der Waals surface area contributed by atoms with E-state index >= 15 is 0 Å². The largest absolute Gasteiger partial charge is 0.444 e. The number of Topliss-reactive ketones (excluding diaryl/α,β-unsaturated/α-hetero) is 1. The molecule has 1 N–H and O–H groups in total. The molecule has 0 aliphatic carbocycles. The van der Waals surface area contributed by atoms with Gasteiger partial charge in [0.1, 0.15) is 6.10 Å². The molecule has 1 unspecified atom stereocenters. The first kappa shape index (κ1) is 18.6. The maximum absolute atomic E-state index is 13.6. The number of alkyl halides is 1. The van der Waals surface area contributed by atoms with E-state index in [4.69, 9.17) is 9.29 Å². The van der Waals surface area contributed by atoms with Crippen molar-refractivity contribution in [2.24, 2.45) is 0 Å². The second-order valence-corrected chi connectivity index (χ2v) is 7.91. The van der Waals surface area contributed by atoms with Gasteiger partial charge in [0.2, 0.25) is 0 Å². The van der Waals surface area contributed by atoms with Gasteiger partial charge in [-0.3, -0.25) is 14.2 Å². The molecule has 10 heteroatoms. The van der Waals surface area contributed by atoms with Crippen molar-refractivity contribution in [3.8, 4) is 0 Å². The molecule has 3 rings (SSSR count). The van der Waals surface area contributed by atoms with Gasteiger partial charge in [0.25, 0.3) is 10.1 Å². The summed E-state index contributed by atoms with van der Waals surface area (Å²) in [4.78, 5) is 26.4. The number of carbonyl (C=O) groups is 2. The highest BCUT2D eigenvalue weighted by Gasteiger charge is 2.33. The van der Waals surface area contributed by atoms with Gasteiger partial charge in [-0.05, 0) is 24.3 Å². The van der Waals surface area contributed by atoms with Crippen LogP contribution in [-0.2, 0) is 19.6 Å². The number of amides is 1. The molecule has 1 aromatic rings. The first-order valence-electron chi connectivity index (χ1n) is 8.18. The highest BCUT2D eigenvalue weighted by Crippen LogP contribution is 2.27. The smallest absolute Gasteiger partial charge is 0.414 e. The van der Waals surface area contributed by atoms with E-state index in [2.05, 4.69) is 0 Å². The Balaban J connectivity index is 1.63. The van der Waals surface area contributed by atoms with Crippen LogP contribution in [0, 0.1) is 0 Å². The molecule has 142 valence electrons. The number of piperidine rings is 1. The summed E-state index contributed by atoms with van der Waals surface area (Å²) in [7, 11) is -4.11. The average Bonchev–Trinajstić information content (AvgIpc) is 2.96. The van der Waals surface area contributed by atoms with E-state index in [0.29, 0.717) is 12.2 Å². The molecule has 2 fully saturated rings. The predicted molar refractivity (Wildman–Crippen MR) is 91.8 cm³/mol. The van der Waals surface area contributed by atoms with Gasteiger partial charge in [0.05, 0.1) is 18.8 Å². The molecule has 0 saturated carbocycles. The molecular formula is C16H19FN2O6S. The summed E-state index contributed by atoms with van der Waals surface area (Å²) in [6.45, 7) is 0.641. The third-order valence-corrected chi connectivity index (χ3v) is 5.21. The van der Waals surface area contributed by atoms with E-state index in [1.807, 2.05) is 0 Å². The van der Waals surface area contributed by atoms with Gasteiger partial charge in [0, 0.05) is 30.8 Å². The summed E-state index contributed by atoms with van der Waals surface area (Å²) in [5.41, 5.74) is 1.32. The van der Waals surface area contributed by atoms with Gasteiger partial charge in [-0.15, -0.1) is 0 Å². The minimum Gasteiger partial charge on any atom is -0.444 e. The molecule has 8 nitrogen and oxygen atoms in total. The van der Waals surface area contributed by atoms with Gasteiger partial charge < -0.3 is 9.64 Å². The molecule has 2 aliphatic heterocycles. The van der Waals surface area contributed by atoms with Gasteiger partial charge >= 0.3 is 6.09 Å². The number of rotatable bonds is 5. The number of ketones is 1. The summed E-state index contributed by atoms with van der Waals surface area (Å²) < 4.78 is 49.1. The highest BCUT2D eigenvalue weighted by atomic mass is 32.2. The number of anilines is 2. The van der Waals surface area contributed by atoms with E-state index in [-0.39, 0.29) is 31.7 Å². The molecule has 2 saturated heterocycles. The van der Waals surface area contributed by atoms with Crippen molar-refractivity contribution in [1.29, 1.82) is 0 Å². The van der Waals surface area contributed by atoms with Crippen LogP contribution < -0.4 is 9.80 Å². The molecule has 0 aromatic heterocycles. The maximum Gasteiger partial charge on any atom is 0.414 e.